The predicted molar refractivity (Wildman–Crippen MR) is 63.8 cm³/mol. The van der Waals surface area contributed by atoms with Crippen molar-refractivity contribution in [2.24, 2.45) is 5.92 Å². The highest BCUT2D eigenvalue weighted by Gasteiger charge is 2.18. The summed E-state index contributed by atoms with van der Waals surface area (Å²) in [6, 6.07) is 0. The van der Waals surface area contributed by atoms with E-state index in [1.54, 1.807) is 0 Å². The van der Waals surface area contributed by atoms with Gasteiger partial charge in [0.15, 0.2) is 0 Å². The number of carbonyl (C=O) groups is 1. The summed E-state index contributed by atoms with van der Waals surface area (Å²) in [6.45, 7) is 6.72. The molecule has 0 aliphatic carbocycles. The summed E-state index contributed by atoms with van der Waals surface area (Å²) in [4.78, 5) is 15.9. The molecule has 1 aromatic rings. The van der Waals surface area contributed by atoms with Crippen molar-refractivity contribution in [1.29, 1.82) is 0 Å². The number of aromatic nitrogens is 3. The van der Waals surface area contributed by atoms with E-state index in [1.165, 1.54) is 0 Å². The van der Waals surface area contributed by atoms with Crippen LogP contribution >= 0.6 is 0 Å². The lowest BCUT2D eigenvalue weighted by atomic mass is 10.1. The number of rotatable bonds is 4. The highest BCUT2D eigenvalue weighted by molar-refractivity contribution is 5.90. The van der Waals surface area contributed by atoms with Gasteiger partial charge in [0.25, 0.3) is 5.91 Å². The molecule has 1 aromatic heterocycles. The second kappa shape index (κ2) is 5.27. The zero-order valence-corrected chi connectivity index (χ0v) is 10.3. The Morgan fingerprint density at radius 3 is 3.00 bits per heavy atom. The van der Waals surface area contributed by atoms with Crippen molar-refractivity contribution >= 4 is 5.91 Å². The van der Waals surface area contributed by atoms with E-state index in [1.807, 2.05) is 13.8 Å². The fourth-order valence-electron chi connectivity index (χ4n) is 1.84. The molecule has 0 aromatic carbocycles. The molecule has 94 valence electrons. The maximum absolute atomic E-state index is 11.8. The number of nitrogens with zero attached hydrogens (tertiary/aromatic N) is 2. The lowest BCUT2D eigenvalue weighted by molar-refractivity contribution is 0.0938. The molecule has 2 heterocycles. The maximum Gasteiger partial charge on any atom is 0.290 e. The van der Waals surface area contributed by atoms with Crippen LogP contribution in [0.15, 0.2) is 0 Å². The summed E-state index contributed by atoms with van der Waals surface area (Å²) in [5, 5.41) is 12.8. The molecule has 0 spiro atoms. The van der Waals surface area contributed by atoms with Crippen molar-refractivity contribution in [1.82, 2.24) is 25.8 Å². The molecule has 1 fully saturated rings. The van der Waals surface area contributed by atoms with Gasteiger partial charge >= 0.3 is 0 Å². The van der Waals surface area contributed by atoms with Crippen molar-refractivity contribution in [2.45, 2.75) is 26.2 Å². The van der Waals surface area contributed by atoms with Crippen molar-refractivity contribution in [3.8, 4) is 0 Å². The van der Waals surface area contributed by atoms with Crippen LogP contribution in [-0.2, 0) is 0 Å². The monoisotopic (exact) mass is 237 g/mol. The molecule has 1 aliphatic rings. The molecule has 3 N–H and O–H groups in total. The normalized spacial score (nSPS) is 19.8. The first-order valence-electron chi connectivity index (χ1n) is 6.08. The number of hydrogen-bond acceptors (Lipinski definition) is 4. The van der Waals surface area contributed by atoms with Gasteiger partial charge in [-0.05, 0) is 25.4 Å². The van der Waals surface area contributed by atoms with E-state index in [2.05, 4.69) is 25.8 Å². The van der Waals surface area contributed by atoms with E-state index in [9.17, 15) is 4.79 Å². The molecule has 1 unspecified atom stereocenters. The molecule has 0 saturated carbocycles. The Hall–Kier alpha value is -1.43. The van der Waals surface area contributed by atoms with Gasteiger partial charge in [0.05, 0.1) is 0 Å². The van der Waals surface area contributed by atoms with Gasteiger partial charge in [-0.15, -0.1) is 5.10 Å². The first-order valence-corrected chi connectivity index (χ1v) is 6.08. The predicted octanol–water partition coefficient (Wildman–Crippen LogP) is 0.267. The number of aromatic amines is 1. The lowest BCUT2D eigenvalue weighted by Crippen LogP contribution is -2.31. The smallest absolute Gasteiger partial charge is 0.290 e. The Labute approximate surface area is 101 Å². The molecule has 1 atom stereocenters. The van der Waals surface area contributed by atoms with Crippen LogP contribution in [0, 0.1) is 5.92 Å². The molecule has 2 rings (SSSR count). The standard InChI is InChI=1S/C11H19N5O/c1-7(2)9-14-10(16-15-9)11(17)13-6-8-3-4-12-5-8/h7-8,12H,3-6H2,1-2H3,(H,13,17)(H,14,15,16). The summed E-state index contributed by atoms with van der Waals surface area (Å²) in [5.74, 6) is 1.57. The first kappa shape index (κ1) is 12.0. The van der Waals surface area contributed by atoms with Crippen LogP contribution in [0.3, 0.4) is 0 Å². The van der Waals surface area contributed by atoms with Gasteiger partial charge < -0.3 is 10.6 Å². The second-order valence-electron chi connectivity index (χ2n) is 4.77. The highest BCUT2D eigenvalue weighted by Crippen LogP contribution is 2.08. The van der Waals surface area contributed by atoms with Gasteiger partial charge in [0.1, 0.15) is 5.82 Å². The number of amides is 1. The largest absolute Gasteiger partial charge is 0.349 e. The molecule has 0 bridgehead atoms. The fourth-order valence-corrected chi connectivity index (χ4v) is 1.84. The number of nitrogens with one attached hydrogen (secondary N) is 3. The van der Waals surface area contributed by atoms with Crippen LogP contribution in [0.2, 0.25) is 0 Å². The van der Waals surface area contributed by atoms with Crippen molar-refractivity contribution < 1.29 is 4.79 Å². The Kier molecular flexibility index (Phi) is 3.73. The minimum Gasteiger partial charge on any atom is -0.349 e. The zero-order chi connectivity index (χ0) is 12.3. The van der Waals surface area contributed by atoms with Gasteiger partial charge in [-0.3, -0.25) is 9.89 Å². The average molecular weight is 237 g/mol. The molecule has 0 radical (unpaired) electrons. The fraction of sp³-hybridized carbons (Fsp3) is 0.727. The Bertz CT molecular complexity index is 381. The van der Waals surface area contributed by atoms with Gasteiger partial charge in [-0.25, -0.2) is 4.98 Å². The van der Waals surface area contributed by atoms with Crippen LogP contribution in [0.5, 0.6) is 0 Å². The van der Waals surface area contributed by atoms with E-state index in [4.69, 9.17) is 0 Å². The summed E-state index contributed by atoms with van der Waals surface area (Å²) >= 11 is 0. The zero-order valence-electron chi connectivity index (χ0n) is 10.3. The highest BCUT2D eigenvalue weighted by atomic mass is 16.2. The van der Waals surface area contributed by atoms with Crippen molar-refractivity contribution in [3.63, 3.8) is 0 Å². The molecule has 1 aliphatic heterocycles. The summed E-state index contributed by atoms with van der Waals surface area (Å²) in [7, 11) is 0. The van der Waals surface area contributed by atoms with Gasteiger partial charge in [-0.2, -0.15) is 0 Å². The van der Waals surface area contributed by atoms with Crippen LogP contribution in [0.25, 0.3) is 0 Å². The molecular formula is C11H19N5O. The summed E-state index contributed by atoms with van der Waals surface area (Å²) in [6.07, 6.45) is 1.12. The third-order valence-electron chi connectivity index (χ3n) is 2.97. The third-order valence-corrected chi connectivity index (χ3v) is 2.97. The molecule has 1 saturated heterocycles. The first-order chi connectivity index (χ1) is 8.16. The van der Waals surface area contributed by atoms with Crippen LogP contribution in [0.1, 0.15) is 42.6 Å². The minimum atomic E-state index is -0.194. The summed E-state index contributed by atoms with van der Waals surface area (Å²) < 4.78 is 0. The van der Waals surface area contributed by atoms with Crippen LogP contribution < -0.4 is 10.6 Å². The number of carbonyl (C=O) groups excluding carboxylic acids is 1. The molecule has 6 nitrogen and oxygen atoms in total. The van der Waals surface area contributed by atoms with Crippen molar-refractivity contribution in [3.05, 3.63) is 11.6 Å². The second-order valence-corrected chi connectivity index (χ2v) is 4.77. The maximum atomic E-state index is 11.8. The van der Waals surface area contributed by atoms with Gasteiger partial charge in [0.2, 0.25) is 5.82 Å². The van der Waals surface area contributed by atoms with Crippen LogP contribution in [-0.4, -0.2) is 40.7 Å². The van der Waals surface area contributed by atoms with Crippen molar-refractivity contribution in [2.75, 3.05) is 19.6 Å². The van der Waals surface area contributed by atoms with E-state index < -0.39 is 0 Å². The van der Waals surface area contributed by atoms with Gasteiger partial charge in [0, 0.05) is 12.5 Å². The van der Waals surface area contributed by atoms with E-state index in [0.29, 0.717) is 12.5 Å². The number of hydrogen-bond donors (Lipinski definition) is 3. The quantitative estimate of drug-likeness (QED) is 0.702. The van der Waals surface area contributed by atoms with E-state index in [-0.39, 0.29) is 17.6 Å². The molecular weight excluding hydrogens is 218 g/mol. The van der Waals surface area contributed by atoms with Crippen LogP contribution in [0.4, 0.5) is 0 Å². The topological polar surface area (TPSA) is 82.7 Å². The summed E-state index contributed by atoms with van der Waals surface area (Å²) in [5.41, 5.74) is 0. The van der Waals surface area contributed by atoms with E-state index >= 15 is 0 Å². The minimum absolute atomic E-state index is 0.194. The Morgan fingerprint density at radius 1 is 1.59 bits per heavy atom. The molecule has 6 heteroatoms. The Morgan fingerprint density at radius 2 is 2.41 bits per heavy atom. The number of H-pyrrole nitrogens is 1. The average Bonchev–Trinajstić information content (AvgIpc) is 2.96. The van der Waals surface area contributed by atoms with Gasteiger partial charge in [-0.1, -0.05) is 13.8 Å². The van der Waals surface area contributed by atoms with E-state index in [0.717, 1.165) is 25.3 Å². The molecule has 1 amide bonds. The molecule has 17 heavy (non-hydrogen) atoms. The lowest BCUT2D eigenvalue weighted by Gasteiger charge is -2.07. The third kappa shape index (κ3) is 3.03. The Balaban J connectivity index is 1.85. The SMILES string of the molecule is CC(C)c1nc(C(=O)NCC2CCNC2)n[nH]1.